The van der Waals surface area contributed by atoms with Crippen LogP contribution >= 0.6 is 0 Å². The van der Waals surface area contributed by atoms with Crippen molar-refractivity contribution in [3.63, 3.8) is 0 Å². The van der Waals surface area contributed by atoms with Crippen LogP contribution in [0.2, 0.25) is 0 Å². The molecule has 2 heterocycles. The highest BCUT2D eigenvalue weighted by Gasteiger charge is 2.47. The van der Waals surface area contributed by atoms with Gasteiger partial charge >= 0.3 is 5.97 Å². The molecule has 0 bridgehead atoms. The molecule has 0 saturated carbocycles. The Morgan fingerprint density at radius 2 is 1.49 bits per heavy atom. The number of hydrogen-bond donors (Lipinski definition) is 9. The monoisotopic (exact) mass is 600 g/mol. The Balaban J connectivity index is 1.55. The lowest BCUT2D eigenvalue weighted by molar-refractivity contribution is -0.267. The Morgan fingerprint density at radius 1 is 0.814 bits per heavy atom. The molecule has 15 nitrogen and oxygen atoms in total. The maximum Gasteiger partial charge on any atom is 0.338 e. The fourth-order valence-corrected chi connectivity index (χ4v) is 4.49. The second kappa shape index (κ2) is 10.8. The minimum absolute atomic E-state index is 0.0274. The second-order valence-electron chi connectivity index (χ2n) is 9.67. The number of ether oxygens (including phenoxy) is 3. The average molecular weight is 600 g/mol. The first-order valence-electron chi connectivity index (χ1n) is 12.5. The standard InChI is InChI=1S/C28H24O15/c1-9-20(35)25(42-27(39)11-5-16(33)21(36)17(34)6-11)23(38)28(40-9)43-26-22(37)19-15(32)7-12(29)8-18(19)41-24(26)10-2-3-13(30)14(31)4-10/h2-9,20,23,25,28-36,38H,1H3. The quantitative estimate of drug-likeness (QED) is 0.116. The molecule has 1 aliphatic heterocycles. The van der Waals surface area contributed by atoms with Crippen LogP contribution in [0.25, 0.3) is 22.3 Å². The third-order valence-electron chi connectivity index (χ3n) is 6.72. The van der Waals surface area contributed by atoms with Crippen molar-refractivity contribution >= 4 is 16.9 Å². The molecular weight excluding hydrogens is 576 g/mol. The molecule has 9 N–H and O–H groups in total. The van der Waals surface area contributed by atoms with Crippen molar-refractivity contribution < 1.29 is 69.4 Å². The van der Waals surface area contributed by atoms with Crippen molar-refractivity contribution in [2.75, 3.05) is 0 Å². The van der Waals surface area contributed by atoms with Crippen LogP contribution in [-0.4, -0.2) is 82.6 Å². The van der Waals surface area contributed by atoms with Crippen LogP contribution in [0.5, 0.6) is 46.0 Å². The van der Waals surface area contributed by atoms with Crippen molar-refractivity contribution in [3.8, 4) is 57.3 Å². The van der Waals surface area contributed by atoms with Crippen molar-refractivity contribution in [3.05, 3.63) is 58.3 Å². The molecule has 226 valence electrons. The Bertz CT molecular complexity index is 1770. The van der Waals surface area contributed by atoms with Crippen LogP contribution in [0.1, 0.15) is 17.3 Å². The lowest BCUT2D eigenvalue weighted by atomic mass is 9.99. The number of aliphatic hydroxyl groups is 2. The van der Waals surface area contributed by atoms with E-state index in [9.17, 15) is 55.5 Å². The van der Waals surface area contributed by atoms with E-state index in [1.165, 1.54) is 13.0 Å². The topological polar surface area (TPSA) is 257 Å². The first-order chi connectivity index (χ1) is 20.3. The highest BCUT2D eigenvalue weighted by atomic mass is 16.7. The first kappa shape index (κ1) is 29.1. The molecule has 1 aromatic heterocycles. The summed E-state index contributed by atoms with van der Waals surface area (Å²) in [5.41, 5.74) is -1.79. The Kier molecular flexibility index (Phi) is 7.31. The fourth-order valence-electron chi connectivity index (χ4n) is 4.49. The van der Waals surface area contributed by atoms with E-state index in [0.29, 0.717) is 0 Å². The fraction of sp³-hybridized carbons (Fsp3) is 0.214. The van der Waals surface area contributed by atoms with E-state index in [2.05, 4.69) is 0 Å². The van der Waals surface area contributed by atoms with E-state index in [4.69, 9.17) is 18.6 Å². The first-order valence-corrected chi connectivity index (χ1v) is 12.5. The minimum Gasteiger partial charge on any atom is -0.508 e. The molecule has 4 aromatic rings. The summed E-state index contributed by atoms with van der Waals surface area (Å²) in [7, 11) is 0. The SMILES string of the molecule is CC1OC(Oc2c(-c3ccc(O)c(O)c3)oc3cc(O)cc(O)c3c2=O)C(O)C(OC(=O)c2cc(O)c(O)c(O)c2)C1O. The normalized spacial score (nSPS) is 21.9. The number of carbonyl (C=O) groups is 1. The third-order valence-corrected chi connectivity index (χ3v) is 6.72. The van der Waals surface area contributed by atoms with E-state index in [0.717, 1.165) is 36.4 Å². The number of hydrogen-bond acceptors (Lipinski definition) is 15. The lowest BCUT2D eigenvalue weighted by Gasteiger charge is -2.40. The van der Waals surface area contributed by atoms with Crippen LogP contribution < -0.4 is 10.2 Å². The Morgan fingerprint density at radius 3 is 2.14 bits per heavy atom. The summed E-state index contributed by atoms with van der Waals surface area (Å²) in [6.45, 7) is 1.34. The highest BCUT2D eigenvalue weighted by molar-refractivity contribution is 5.91. The van der Waals surface area contributed by atoms with Gasteiger partial charge in [-0.1, -0.05) is 0 Å². The number of phenols is 7. The summed E-state index contributed by atoms with van der Waals surface area (Å²) in [6.07, 6.45) is -8.42. The summed E-state index contributed by atoms with van der Waals surface area (Å²) < 4.78 is 22.2. The van der Waals surface area contributed by atoms with E-state index in [1.807, 2.05) is 0 Å². The third kappa shape index (κ3) is 5.23. The van der Waals surface area contributed by atoms with Gasteiger partial charge in [0.25, 0.3) is 0 Å². The van der Waals surface area contributed by atoms with Crippen LogP contribution in [0.3, 0.4) is 0 Å². The highest BCUT2D eigenvalue weighted by Crippen LogP contribution is 2.40. The minimum atomic E-state index is -1.99. The van der Waals surface area contributed by atoms with Crippen molar-refractivity contribution in [2.24, 2.45) is 0 Å². The zero-order chi connectivity index (χ0) is 31.3. The van der Waals surface area contributed by atoms with E-state index < -0.39 is 105 Å². The van der Waals surface area contributed by atoms with Gasteiger partial charge in [-0.2, -0.15) is 0 Å². The van der Waals surface area contributed by atoms with Gasteiger partial charge in [0.05, 0.1) is 11.7 Å². The molecule has 5 atom stereocenters. The van der Waals surface area contributed by atoms with Crippen LogP contribution in [0.4, 0.5) is 0 Å². The van der Waals surface area contributed by atoms with Gasteiger partial charge in [0.1, 0.15) is 28.6 Å². The van der Waals surface area contributed by atoms with Gasteiger partial charge in [0, 0.05) is 17.7 Å². The molecule has 5 unspecified atom stereocenters. The summed E-state index contributed by atoms with van der Waals surface area (Å²) >= 11 is 0. The van der Waals surface area contributed by atoms with Gasteiger partial charge < -0.3 is 64.6 Å². The molecule has 43 heavy (non-hydrogen) atoms. The van der Waals surface area contributed by atoms with E-state index >= 15 is 0 Å². The summed E-state index contributed by atoms with van der Waals surface area (Å²) in [4.78, 5) is 26.4. The number of rotatable bonds is 5. The van der Waals surface area contributed by atoms with Crippen LogP contribution in [0, 0.1) is 0 Å². The van der Waals surface area contributed by atoms with Gasteiger partial charge in [-0.25, -0.2) is 4.79 Å². The smallest absolute Gasteiger partial charge is 0.338 e. The van der Waals surface area contributed by atoms with Crippen LogP contribution in [-0.2, 0) is 9.47 Å². The summed E-state index contributed by atoms with van der Waals surface area (Å²) in [5, 5.41) is 90.3. The molecule has 3 aromatic carbocycles. The predicted octanol–water partition coefficient (Wildman–Crippen LogP) is 1.47. The van der Waals surface area contributed by atoms with Gasteiger partial charge in [-0.05, 0) is 37.3 Å². The van der Waals surface area contributed by atoms with Crippen molar-refractivity contribution in [2.45, 2.75) is 37.6 Å². The van der Waals surface area contributed by atoms with Gasteiger partial charge in [-0.15, -0.1) is 0 Å². The molecule has 0 aliphatic carbocycles. The maximum absolute atomic E-state index is 13.6. The number of benzene rings is 3. The van der Waals surface area contributed by atoms with E-state index in [1.54, 1.807) is 0 Å². The van der Waals surface area contributed by atoms with E-state index in [-0.39, 0.29) is 11.1 Å². The number of esters is 1. The largest absolute Gasteiger partial charge is 0.508 e. The van der Waals surface area contributed by atoms with Crippen molar-refractivity contribution in [1.29, 1.82) is 0 Å². The maximum atomic E-state index is 13.6. The Labute approximate surface area is 239 Å². The number of phenolic OH excluding ortho intramolecular Hbond substituents is 7. The molecule has 0 spiro atoms. The zero-order valence-corrected chi connectivity index (χ0v) is 21.9. The number of aromatic hydroxyl groups is 7. The molecular formula is C28H24O15. The Hall–Kier alpha value is -5.38. The molecule has 15 heteroatoms. The molecule has 1 aliphatic rings. The van der Waals surface area contributed by atoms with Crippen LogP contribution in [0.15, 0.2) is 51.7 Å². The number of carbonyl (C=O) groups excluding carboxylic acids is 1. The summed E-state index contributed by atoms with van der Waals surface area (Å²) in [6, 6.07) is 6.79. The van der Waals surface area contributed by atoms with Gasteiger partial charge in [-0.3, -0.25) is 4.79 Å². The molecule has 1 saturated heterocycles. The molecule has 0 radical (unpaired) electrons. The van der Waals surface area contributed by atoms with Gasteiger partial charge in [0.2, 0.25) is 17.5 Å². The second-order valence-corrected chi connectivity index (χ2v) is 9.67. The number of fused-ring (bicyclic) bond motifs is 1. The molecule has 0 amide bonds. The number of aliphatic hydroxyl groups excluding tert-OH is 2. The molecule has 5 rings (SSSR count). The predicted molar refractivity (Wildman–Crippen MR) is 142 cm³/mol. The van der Waals surface area contributed by atoms with Crippen molar-refractivity contribution in [1.82, 2.24) is 0 Å². The molecule has 1 fully saturated rings. The zero-order valence-electron chi connectivity index (χ0n) is 21.9. The average Bonchev–Trinajstić information content (AvgIpc) is 2.94. The van der Waals surface area contributed by atoms with Gasteiger partial charge in [0.15, 0.2) is 46.7 Å². The lowest BCUT2D eigenvalue weighted by Crippen LogP contribution is -2.59. The summed E-state index contributed by atoms with van der Waals surface area (Å²) in [5.74, 6) is -7.13.